The molecule has 0 bridgehead atoms. The van der Waals surface area contributed by atoms with Gasteiger partial charge < -0.3 is 0 Å². The molecular weight excluding hydrogens is 613 g/mol. The number of aromatic nitrogens is 2. The van der Waals surface area contributed by atoms with E-state index in [1.165, 1.54) is 86.7 Å². The van der Waals surface area contributed by atoms with E-state index in [4.69, 9.17) is 9.97 Å². The van der Waals surface area contributed by atoms with E-state index in [-0.39, 0.29) is 5.41 Å². The first-order valence-corrected chi connectivity index (χ1v) is 18.3. The Morgan fingerprint density at radius 2 is 1.12 bits per heavy atom. The Labute approximate surface area is 290 Å². The van der Waals surface area contributed by atoms with Crippen LogP contribution in [0.4, 0.5) is 0 Å². The molecule has 0 unspecified atom stereocenters. The number of benzene rings is 6. The van der Waals surface area contributed by atoms with E-state index in [9.17, 15) is 0 Å². The highest BCUT2D eigenvalue weighted by Gasteiger charge is 2.44. The summed E-state index contributed by atoms with van der Waals surface area (Å²) >= 11 is 1.78. The van der Waals surface area contributed by atoms with Crippen molar-refractivity contribution in [3.63, 3.8) is 0 Å². The number of fused-ring (bicyclic) bond motifs is 8. The molecule has 8 aromatic rings. The van der Waals surface area contributed by atoms with Crippen molar-refractivity contribution >= 4 is 31.6 Å². The maximum Gasteiger partial charge on any atom is 0.160 e. The molecule has 2 aliphatic rings. The molecule has 0 aliphatic heterocycles. The number of hydrogen-bond acceptors (Lipinski definition) is 3. The summed E-state index contributed by atoms with van der Waals surface area (Å²) in [4.78, 5) is 10.4. The van der Waals surface area contributed by atoms with Crippen molar-refractivity contribution in [2.24, 2.45) is 0 Å². The molecule has 0 N–H and O–H groups in total. The first-order valence-electron chi connectivity index (χ1n) is 17.5. The average Bonchev–Trinajstić information content (AvgIpc) is 3.69. The second-order valence-corrected chi connectivity index (χ2v) is 14.7. The molecule has 0 radical (unpaired) electrons. The standard InChI is InChI=1S/C46H34N2S/c1-3-14-30(15-4-1)45-47-42(44-43(48-45)37-21-6-8-25-40(37)49-44)34-19-12-17-32(29-34)31-16-11-18-33(28-31)35-22-13-24-39-41(35)36-20-5-7-23-38(36)46(39)26-9-2-10-27-46/h1,3-8,11-25,28-29H,2,9-10,26-27H2. The number of rotatable bonds is 4. The molecule has 3 heteroatoms. The molecule has 2 aliphatic carbocycles. The topological polar surface area (TPSA) is 25.8 Å². The van der Waals surface area contributed by atoms with Crippen molar-refractivity contribution in [1.82, 2.24) is 9.97 Å². The van der Waals surface area contributed by atoms with Crippen LogP contribution in [-0.2, 0) is 5.41 Å². The lowest BCUT2D eigenvalue weighted by molar-refractivity contribution is 0.353. The van der Waals surface area contributed by atoms with Crippen LogP contribution >= 0.6 is 11.3 Å². The zero-order valence-corrected chi connectivity index (χ0v) is 28.0. The van der Waals surface area contributed by atoms with E-state index in [0.29, 0.717) is 0 Å². The van der Waals surface area contributed by atoms with Gasteiger partial charge in [-0.1, -0.05) is 147 Å². The Hall–Kier alpha value is -5.38. The SMILES string of the molecule is c1ccc(-c2nc(-c3cccc(-c4cccc(-c5cccc6c5-c5ccccc5C65CCCCC5)c4)c3)c3sc4ccccc4c3n2)cc1. The van der Waals surface area contributed by atoms with Gasteiger partial charge in [0, 0.05) is 26.6 Å². The van der Waals surface area contributed by atoms with Crippen LogP contribution in [0.3, 0.4) is 0 Å². The molecule has 6 aromatic carbocycles. The quantitative estimate of drug-likeness (QED) is 0.190. The molecule has 10 rings (SSSR count). The van der Waals surface area contributed by atoms with Crippen LogP contribution < -0.4 is 0 Å². The van der Waals surface area contributed by atoms with Gasteiger partial charge in [0.15, 0.2) is 5.82 Å². The van der Waals surface area contributed by atoms with E-state index < -0.39 is 0 Å². The Kier molecular flexibility index (Phi) is 6.63. The summed E-state index contributed by atoms with van der Waals surface area (Å²) in [5.41, 5.74) is 15.2. The fourth-order valence-electron chi connectivity index (χ4n) is 8.65. The molecule has 0 amide bonds. The minimum absolute atomic E-state index is 0.153. The van der Waals surface area contributed by atoms with Crippen molar-refractivity contribution in [2.45, 2.75) is 37.5 Å². The third kappa shape index (κ3) is 4.53. The third-order valence-corrected chi connectivity index (χ3v) is 12.1. The van der Waals surface area contributed by atoms with Gasteiger partial charge in [0.05, 0.1) is 15.9 Å². The zero-order valence-electron chi connectivity index (χ0n) is 27.2. The van der Waals surface area contributed by atoms with Gasteiger partial charge in [-0.25, -0.2) is 9.97 Å². The zero-order chi connectivity index (χ0) is 32.4. The van der Waals surface area contributed by atoms with Crippen molar-refractivity contribution in [2.75, 3.05) is 0 Å². The molecule has 0 atom stereocenters. The summed E-state index contributed by atoms with van der Waals surface area (Å²) in [5.74, 6) is 0.757. The molecule has 2 aromatic heterocycles. The summed E-state index contributed by atoms with van der Waals surface area (Å²) in [6.07, 6.45) is 6.44. The van der Waals surface area contributed by atoms with E-state index in [2.05, 4.69) is 140 Å². The van der Waals surface area contributed by atoms with Crippen LogP contribution in [0.1, 0.15) is 43.2 Å². The van der Waals surface area contributed by atoms with Crippen molar-refractivity contribution in [1.29, 1.82) is 0 Å². The Morgan fingerprint density at radius 3 is 1.98 bits per heavy atom. The Morgan fingerprint density at radius 1 is 0.490 bits per heavy atom. The molecule has 1 saturated carbocycles. The Balaban J connectivity index is 1.11. The fraction of sp³-hybridized carbons (Fsp3) is 0.130. The Bertz CT molecular complexity index is 2540. The molecule has 2 nitrogen and oxygen atoms in total. The van der Waals surface area contributed by atoms with Crippen LogP contribution in [-0.4, -0.2) is 9.97 Å². The van der Waals surface area contributed by atoms with Crippen LogP contribution in [0.15, 0.2) is 146 Å². The molecular formula is C46H34N2S. The molecule has 1 fully saturated rings. The normalized spacial score (nSPS) is 14.7. The highest BCUT2D eigenvalue weighted by molar-refractivity contribution is 7.26. The summed E-state index contributed by atoms with van der Waals surface area (Å²) in [6.45, 7) is 0. The molecule has 2 heterocycles. The lowest BCUT2D eigenvalue weighted by Crippen LogP contribution is -2.27. The maximum absolute atomic E-state index is 5.24. The van der Waals surface area contributed by atoms with E-state index in [0.717, 1.165) is 32.9 Å². The highest BCUT2D eigenvalue weighted by atomic mass is 32.1. The second-order valence-electron chi connectivity index (χ2n) is 13.6. The largest absolute Gasteiger partial charge is 0.226 e. The maximum atomic E-state index is 5.24. The van der Waals surface area contributed by atoms with E-state index in [1.807, 2.05) is 6.07 Å². The van der Waals surface area contributed by atoms with Gasteiger partial charge in [-0.3, -0.25) is 0 Å². The third-order valence-electron chi connectivity index (χ3n) is 10.9. The van der Waals surface area contributed by atoms with Gasteiger partial charge >= 0.3 is 0 Å². The monoisotopic (exact) mass is 646 g/mol. The minimum atomic E-state index is 0.153. The van der Waals surface area contributed by atoms with Gasteiger partial charge in [0.2, 0.25) is 0 Å². The van der Waals surface area contributed by atoms with E-state index in [1.54, 1.807) is 11.3 Å². The predicted octanol–water partition coefficient (Wildman–Crippen LogP) is 12.7. The fourth-order valence-corrected chi connectivity index (χ4v) is 9.81. The van der Waals surface area contributed by atoms with E-state index >= 15 is 0 Å². The number of nitrogens with zero attached hydrogens (tertiary/aromatic N) is 2. The summed E-state index contributed by atoms with van der Waals surface area (Å²) in [6, 6.07) is 53.2. The van der Waals surface area contributed by atoms with Crippen LogP contribution in [0.25, 0.3) is 76.3 Å². The van der Waals surface area contributed by atoms with Crippen LogP contribution in [0.2, 0.25) is 0 Å². The van der Waals surface area contributed by atoms with Gasteiger partial charge in [-0.05, 0) is 75.5 Å². The van der Waals surface area contributed by atoms with Gasteiger partial charge in [-0.2, -0.15) is 0 Å². The minimum Gasteiger partial charge on any atom is -0.226 e. The van der Waals surface area contributed by atoms with Crippen molar-refractivity contribution in [3.05, 3.63) is 157 Å². The number of hydrogen-bond donors (Lipinski definition) is 0. The van der Waals surface area contributed by atoms with Crippen LogP contribution in [0, 0.1) is 0 Å². The second kappa shape index (κ2) is 11.4. The molecule has 1 spiro atoms. The van der Waals surface area contributed by atoms with Crippen molar-refractivity contribution in [3.8, 4) is 56.0 Å². The lowest BCUT2D eigenvalue weighted by Gasteiger charge is -2.36. The van der Waals surface area contributed by atoms with Gasteiger partial charge in [0.25, 0.3) is 0 Å². The molecule has 49 heavy (non-hydrogen) atoms. The number of thiophene rings is 1. The molecule has 234 valence electrons. The van der Waals surface area contributed by atoms with Crippen LogP contribution in [0.5, 0.6) is 0 Å². The average molecular weight is 647 g/mol. The van der Waals surface area contributed by atoms with Gasteiger partial charge in [-0.15, -0.1) is 11.3 Å². The first kappa shape index (κ1) is 28.6. The predicted molar refractivity (Wildman–Crippen MR) is 206 cm³/mol. The van der Waals surface area contributed by atoms with Gasteiger partial charge in [0.1, 0.15) is 0 Å². The summed E-state index contributed by atoms with van der Waals surface area (Å²) < 4.78 is 2.36. The highest BCUT2D eigenvalue weighted by Crippen LogP contribution is 2.57. The lowest BCUT2D eigenvalue weighted by atomic mass is 9.68. The van der Waals surface area contributed by atoms with Crippen molar-refractivity contribution < 1.29 is 0 Å². The summed E-state index contributed by atoms with van der Waals surface area (Å²) in [5, 5.41) is 1.18. The summed E-state index contributed by atoms with van der Waals surface area (Å²) in [7, 11) is 0. The molecule has 0 saturated heterocycles. The first-order chi connectivity index (χ1) is 24.3. The smallest absolute Gasteiger partial charge is 0.160 e.